The summed E-state index contributed by atoms with van der Waals surface area (Å²) in [5.74, 6) is -3.91. The monoisotopic (exact) mass is 230 g/mol. The fourth-order valence-corrected chi connectivity index (χ4v) is 1.12. The van der Waals surface area contributed by atoms with E-state index in [-0.39, 0.29) is 17.3 Å². The predicted molar refractivity (Wildman–Crippen MR) is 45.5 cm³/mol. The van der Waals surface area contributed by atoms with Crippen molar-refractivity contribution in [2.75, 3.05) is 0 Å². The third kappa shape index (κ3) is 1.76. The number of aliphatic hydroxyl groups is 1. The summed E-state index contributed by atoms with van der Waals surface area (Å²) < 4.78 is 43.2. The molecule has 1 aromatic heterocycles. The highest BCUT2D eigenvalue weighted by atomic mass is 19.2. The first-order valence-corrected chi connectivity index (χ1v) is 4.20. The molecule has 0 spiro atoms. The number of halogens is 3. The third-order valence-electron chi connectivity index (χ3n) is 1.85. The van der Waals surface area contributed by atoms with Crippen LogP contribution in [-0.2, 0) is 6.61 Å². The lowest BCUT2D eigenvalue weighted by Crippen LogP contribution is -1.93. The van der Waals surface area contributed by atoms with E-state index in [1.807, 2.05) is 0 Å². The van der Waals surface area contributed by atoms with Crippen molar-refractivity contribution in [2.24, 2.45) is 0 Å². The Hall–Kier alpha value is -1.89. The molecule has 2 aromatic rings. The van der Waals surface area contributed by atoms with Crippen LogP contribution in [0.15, 0.2) is 16.7 Å². The van der Waals surface area contributed by atoms with Gasteiger partial charge in [0, 0.05) is 6.07 Å². The third-order valence-corrected chi connectivity index (χ3v) is 1.85. The molecule has 0 amide bonds. The Kier molecular flexibility index (Phi) is 2.61. The number of hydrogen-bond donors (Lipinski definition) is 1. The molecule has 0 aliphatic carbocycles. The second-order valence-electron chi connectivity index (χ2n) is 2.92. The van der Waals surface area contributed by atoms with E-state index in [9.17, 15) is 13.2 Å². The molecule has 0 saturated heterocycles. The molecule has 0 unspecified atom stereocenters. The fourth-order valence-electron chi connectivity index (χ4n) is 1.12. The van der Waals surface area contributed by atoms with Gasteiger partial charge < -0.3 is 9.63 Å². The van der Waals surface area contributed by atoms with Crippen LogP contribution in [0, 0.1) is 17.5 Å². The lowest BCUT2D eigenvalue weighted by Gasteiger charge is -1.98. The first-order valence-electron chi connectivity index (χ1n) is 4.20. The van der Waals surface area contributed by atoms with Gasteiger partial charge in [0.2, 0.25) is 5.82 Å². The van der Waals surface area contributed by atoms with Crippen molar-refractivity contribution in [2.45, 2.75) is 6.61 Å². The second-order valence-corrected chi connectivity index (χ2v) is 2.92. The van der Waals surface area contributed by atoms with Crippen LogP contribution in [0.4, 0.5) is 13.2 Å². The van der Waals surface area contributed by atoms with Crippen molar-refractivity contribution >= 4 is 0 Å². The maximum Gasteiger partial charge on any atom is 0.252 e. The van der Waals surface area contributed by atoms with Crippen LogP contribution in [0.1, 0.15) is 5.89 Å². The van der Waals surface area contributed by atoms with Gasteiger partial charge in [-0.05, 0) is 6.07 Å². The summed E-state index contributed by atoms with van der Waals surface area (Å²) in [6.45, 7) is -0.516. The molecule has 0 fully saturated rings. The molecule has 1 heterocycles. The molecule has 0 aliphatic rings. The number of aromatic nitrogens is 2. The van der Waals surface area contributed by atoms with E-state index in [1.54, 1.807) is 0 Å². The van der Waals surface area contributed by atoms with Crippen LogP contribution in [0.3, 0.4) is 0 Å². The molecule has 16 heavy (non-hydrogen) atoms. The topological polar surface area (TPSA) is 59.2 Å². The quantitative estimate of drug-likeness (QED) is 0.797. The van der Waals surface area contributed by atoms with E-state index in [0.717, 1.165) is 0 Å². The van der Waals surface area contributed by atoms with Gasteiger partial charge in [-0.3, -0.25) is 0 Å². The summed E-state index contributed by atoms with van der Waals surface area (Å²) in [5, 5.41) is 12.0. The van der Waals surface area contributed by atoms with Crippen molar-refractivity contribution in [3.8, 4) is 11.4 Å². The van der Waals surface area contributed by atoms with Crippen LogP contribution < -0.4 is 0 Å². The summed E-state index contributed by atoms with van der Waals surface area (Å²) >= 11 is 0. The first kappa shape index (κ1) is 10.6. The molecule has 1 aromatic carbocycles. The van der Waals surface area contributed by atoms with Crippen molar-refractivity contribution in [3.05, 3.63) is 35.5 Å². The number of nitrogens with zero attached hydrogens (tertiary/aromatic N) is 2. The van der Waals surface area contributed by atoms with Gasteiger partial charge in [-0.15, -0.1) is 0 Å². The molecule has 4 nitrogen and oxygen atoms in total. The van der Waals surface area contributed by atoms with E-state index in [2.05, 4.69) is 14.7 Å². The highest BCUT2D eigenvalue weighted by Crippen LogP contribution is 2.22. The van der Waals surface area contributed by atoms with Crippen molar-refractivity contribution in [1.82, 2.24) is 10.1 Å². The first-order chi connectivity index (χ1) is 7.61. The molecule has 7 heteroatoms. The van der Waals surface area contributed by atoms with Crippen LogP contribution >= 0.6 is 0 Å². The predicted octanol–water partition coefficient (Wildman–Crippen LogP) is 1.65. The lowest BCUT2D eigenvalue weighted by atomic mass is 10.2. The van der Waals surface area contributed by atoms with Gasteiger partial charge in [0.25, 0.3) is 5.89 Å². The molecule has 2 rings (SSSR count). The SMILES string of the molecule is OCc1nc(-c2cc(F)c(F)cc2F)no1. The minimum atomic E-state index is -1.30. The van der Waals surface area contributed by atoms with Gasteiger partial charge in [-0.25, -0.2) is 13.2 Å². The van der Waals surface area contributed by atoms with E-state index >= 15 is 0 Å². The maximum atomic E-state index is 13.2. The van der Waals surface area contributed by atoms with Gasteiger partial charge in [0.05, 0.1) is 5.56 Å². The van der Waals surface area contributed by atoms with Crippen LogP contribution in [-0.4, -0.2) is 15.2 Å². The van der Waals surface area contributed by atoms with Crippen molar-refractivity contribution < 1.29 is 22.8 Å². The van der Waals surface area contributed by atoms with Crippen LogP contribution in [0.2, 0.25) is 0 Å². The number of hydrogen-bond acceptors (Lipinski definition) is 4. The minimum Gasteiger partial charge on any atom is -0.387 e. The zero-order valence-corrected chi connectivity index (χ0v) is 7.75. The standard InChI is InChI=1S/C9H5F3N2O2/c10-5-2-7(12)6(11)1-4(5)9-13-8(3-15)16-14-9/h1-2,15H,3H2. The van der Waals surface area contributed by atoms with Gasteiger partial charge in [0.15, 0.2) is 11.6 Å². The fraction of sp³-hybridized carbons (Fsp3) is 0.111. The van der Waals surface area contributed by atoms with E-state index < -0.39 is 24.1 Å². The number of aliphatic hydroxyl groups excluding tert-OH is 1. The van der Waals surface area contributed by atoms with Gasteiger partial charge >= 0.3 is 0 Å². The Morgan fingerprint density at radius 1 is 1.12 bits per heavy atom. The Morgan fingerprint density at radius 3 is 2.44 bits per heavy atom. The molecule has 84 valence electrons. The normalized spacial score (nSPS) is 10.8. The summed E-state index contributed by atoms with van der Waals surface area (Å²) in [6, 6.07) is 1.01. The highest BCUT2D eigenvalue weighted by molar-refractivity contribution is 5.55. The number of rotatable bonds is 2. The van der Waals surface area contributed by atoms with Gasteiger partial charge in [0.1, 0.15) is 12.4 Å². The van der Waals surface area contributed by atoms with E-state index in [4.69, 9.17) is 5.11 Å². The highest BCUT2D eigenvalue weighted by Gasteiger charge is 2.16. The second kappa shape index (κ2) is 3.93. The summed E-state index contributed by atoms with van der Waals surface area (Å²) in [7, 11) is 0. The van der Waals surface area contributed by atoms with Crippen molar-refractivity contribution in [1.29, 1.82) is 0 Å². The Morgan fingerprint density at radius 2 is 1.81 bits per heavy atom. The average Bonchev–Trinajstić information content (AvgIpc) is 2.71. The molecular formula is C9H5F3N2O2. The van der Waals surface area contributed by atoms with E-state index in [0.29, 0.717) is 12.1 Å². The van der Waals surface area contributed by atoms with Gasteiger partial charge in [-0.2, -0.15) is 4.98 Å². The zero-order valence-electron chi connectivity index (χ0n) is 7.75. The molecule has 0 radical (unpaired) electrons. The number of benzene rings is 1. The summed E-state index contributed by atoms with van der Waals surface area (Å²) in [6.07, 6.45) is 0. The molecule has 0 bridgehead atoms. The largest absolute Gasteiger partial charge is 0.387 e. The maximum absolute atomic E-state index is 13.2. The lowest BCUT2D eigenvalue weighted by molar-refractivity contribution is 0.222. The van der Waals surface area contributed by atoms with Crippen LogP contribution in [0.5, 0.6) is 0 Å². The summed E-state index contributed by atoms with van der Waals surface area (Å²) in [4.78, 5) is 3.57. The molecule has 1 N–H and O–H groups in total. The Balaban J connectivity index is 2.51. The Bertz CT molecular complexity index is 527. The van der Waals surface area contributed by atoms with E-state index in [1.165, 1.54) is 0 Å². The zero-order chi connectivity index (χ0) is 11.7. The van der Waals surface area contributed by atoms with Crippen molar-refractivity contribution in [3.63, 3.8) is 0 Å². The van der Waals surface area contributed by atoms with Crippen LogP contribution in [0.25, 0.3) is 11.4 Å². The molecule has 0 aliphatic heterocycles. The minimum absolute atomic E-state index is 0.140. The molecule has 0 saturated carbocycles. The Labute approximate surface area is 87.3 Å². The summed E-state index contributed by atoms with van der Waals surface area (Å²) in [5.41, 5.74) is -0.331. The molecule has 0 atom stereocenters. The smallest absolute Gasteiger partial charge is 0.252 e. The van der Waals surface area contributed by atoms with Gasteiger partial charge in [-0.1, -0.05) is 5.16 Å². The average molecular weight is 230 g/mol. The molecular weight excluding hydrogens is 225 g/mol.